The third kappa shape index (κ3) is 2.04. The lowest BCUT2D eigenvalue weighted by molar-refractivity contribution is 0.585. The molecule has 0 aliphatic carbocycles. The molecule has 0 amide bonds. The number of anilines is 1. The Balaban J connectivity index is 2.65. The van der Waals surface area contributed by atoms with Crippen molar-refractivity contribution in [1.82, 2.24) is 4.57 Å². The molecule has 0 spiro atoms. The van der Waals surface area contributed by atoms with Gasteiger partial charge in [-0.3, -0.25) is 9.36 Å². The quantitative estimate of drug-likeness (QED) is 0.822. The average Bonchev–Trinajstić information content (AvgIpc) is 2.25. The molecule has 2 aromatic rings. The first-order valence-electron chi connectivity index (χ1n) is 4.91. The first kappa shape index (κ1) is 11.3. The van der Waals surface area contributed by atoms with Gasteiger partial charge in [-0.1, -0.05) is 0 Å². The molecule has 3 nitrogen and oxygen atoms in total. The van der Waals surface area contributed by atoms with Crippen LogP contribution < -0.4 is 11.3 Å². The Morgan fingerprint density at radius 3 is 2.47 bits per heavy atom. The van der Waals surface area contributed by atoms with Gasteiger partial charge in [-0.2, -0.15) is 0 Å². The molecule has 0 saturated heterocycles. The Kier molecular flexibility index (Phi) is 2.67. The van der Waals surface area contributed by atoms with Crippen molar-refractivity contribution < 1.29 is 8.78 Å². The average molecular weight is 236 g/mol. The van der Waals surface area contributed by atoms with Crippen LogP contribution in [0.25, 0.3) is 11.1 Å². The summed E-state index contributed by atoms with van der Waals surface area (Å²) in [6.45, 7) is 0. The van der Waals surface area contributed by atoms with E-state index in [2.05, 4.69) is 0 Å². The van der Waals surface area contributed by atoms with Crippen LogP contribution in [0, 0.1) is 11.6 Å². The van der Waals surface area contributed by atoms with E-state index >= 15 is 0 Å². The van der Waals surface area contributed by atoms with Gasteiger partial charge >= 0.3 is 0 Å². The molecule has 0 aliphatic heterocycles. The summed E-state index contributed by atoms with van der Waals surface area (Å²) in [5, 5.41) is 0. The summed E-state index contributed by atoms with van der Waals surface area (Å²) in [7, 11) is 1.52. The lowest BCUT2D eigenvalue weighted by atomic mass is 10.1. The summed E-state index contributed by atoms with van der Waals surface area (Å²) in [4.78, 5) is 11.5. The van der Waals surface area contributed by atoms with E-state index in [-0.39, 0.29) is 16.9 Å². The Morgan fingerprint density at radius 1 is 1.18 bits per heavy atom. The summed E-state index contributed by atoms with van der Waals surface area (Å²) in [6, 6.07) is 5.90. The second-order valence-corrected chi connectivity index (χ2v) is 3.69. The van der Waals surface area contributed by atoms with Crippen LogP contribution in [-0.4, -0.2) is 4.57 Å². The highest BCUT2D eigenvalue weighted by Crippen LogP contribution is 2.23. The molecule has 0 saturated carbocycles. The van der Waals surface area contributed by atoms with Gasteiger partial charge in [-0.25, -0.2) is 8.78 Å². The Labute approximate surface area is 96.1 Å². The summed E-state index contributed by atoms with van der Waals surface area (Å²) >= 11 is 0. The molecule has 0 aliphatic rings. The lowest BCUT2D eigenvalue weighted by Gasteiger charge is -2.07. The fourth-order valence-electron chi connectivity index (χ4n) is 1.53. The molecule has 0 atom stereocenters. The van der Waals surface area contributed by atoms with Crippen LogP contribution in [0.5, 0.6) is 0 Å². The number of hydrogen-bond acceptors (Lipinski definition) is 2. The van der Waals surface area contributed by atoms with Gasteiger partial charge in [0.05, 0.1) is 0 Å². The van der Waals surface area contributed by atoms with E-state index in [0.717, 1.165) is 12.1 Å². The highest BCUT2D eigenvalue weighted by Gasteiger charge is 2.09. The molecular formula is C12H10F2N2O. The fraction of sp³-hybridized carbons (Fsp3) is 0.0833. The largest absolute Gasteiger partial charge is 0.385 e. The molecule has 0 fully saturated rings. The molecule has 5 heteroatoms. The van der Waals surface area contributed by atoms with Gasteiger partial charge in [0.1, 0.15) is 17.5 Å². The number of benzene rings is 1. The molecule has 1 heterocycles. The van der Waals surface area contributed by atoms with Crippen LogP contribution in [0.3, 0.4) is 0 Å². The van der Waals surface area contributed by atoms with Crippen molar-refractivity contribution in [2.24, 2.45) is 7.05 Å². The number of nitrogens with zero attached hydrogens (tertiary/aromatic N) is 1. The molecule has 0 radical (unpaired) electrons. The summed E-state index contributed by atoms with van der Waals surface area (Å²) in [5.41, 5.74) is 5.75. The third-order valence-corrected chi connectivity index (χ3v) is 2.54. The molecule has 0 unspecified atom stereocenters. The third-order valence-electron chi connectivity index (χ3n) is 2.54. The zero-order valence-corrected chi connectivity index (χ0v) is 9.08. The van der Waals surface area contributed by atoms with Crippen LogP contribution in [0.15, 0.2) is 35.1 Å². The minimum atomic E-state index is -0.724. The first-order valence-corrected chi connectivity index (χ1v) is 4.91. The molecule has 1 aromatic carbocycles. The number of halogens is 2. The van der Waals surface area contributed by atoms with E-state index in [4.69, 9.17) is 5.73 Å². The molecule has 2 rings (SSSR count). The first-order chi connectivity index (χ1) is 7.99. The maximum atomic E-state index is 13.5. The summed E-state index contributed by atoms with van der Waals surface area (Å²) in [6.07, 6.45) is 0. The predicted octanol–water partition coefficient (Wildman–Crippen LogP) is 1.91. The molecule has 1 aromatic heterocycles. The second kappa shape index (κ2) is 4.01. The Bertz CT molecular complexity index is 635. The number of nitrogen functional groups attached to an aromatic ring is 1. The van der Waals surface area contributed by atoms with Crippen molar-refractivity contribution in [3.8, 4) is 11.1 Å². The van der Waals surface area contributed by atoms with Crippen LogP contribution in [-0.2, 0) is 7.05 Å². The van der Waals surface area contributed by atoms with Crippen molar-refractivity contribution >= 4 is 5.82 Å². The lowest BCUT2D eigenvalue weighted by Crippen LogP contribution is -2.18. The normalized spacial score (nSPS) is 10.5. The van der Waals surface area contributed by atoms with Crippen molar-refractivity contribution in [3.63, 3.8) is 0 Å². The Morgan fingerprint density at radius 2 is 1.88 bits per heavy atom. The maximum Gasteiger partial charge on any atom is 0.252 e. The van der Waals surface area contributed by atoms with Gasteiger partial charge in [0.15, 0.2) is 0 Å². The minimum Gasteiger partial charge on any atom is -0.385 e. The van der Waals surface area contributed by atoms with Crippen molar-refractivity contribution in [2.45, 2.75) is 0 Å². The second-order valence-electron chi connectivity index (χ2n) is 3.69. The molecule has 0 bridgehead atoms. The number of rotatable bonds is 1. The highest BCUT2D eigenvalue weighted by molar-refractivity contribution is 5.66. The zero-order chi connectivity index (χ0) is 12.6. The monoisotopic (exact) mass is 236 g/mol. The number of nitrogens with two attached hydrogens (primary N) is 1. The van der Waals surface area contributed by atoms with Crippen molar-refractivity contribution in [2.75, 3.05) is 5.73 Å². The van der Waals surface area contributed by atoms with E-state index in [1.807, 2.05) is 0 Å². The van der Waals surface area contributed by atoms with Crippen molar-refractivity contribution in [3.05, 3.63) is 52.3 Å². The summed E-state index contributed by atoms with van der Waals surface area (Å²) in [5.74, 6) is -1.17. The van der Waals surface area contributed by atoms with E-state index < -0.39 is 11.6 Å². The molecule has 88 valence electrons. The Hall–Kier alpha value is -2.17. The molecular weight excluding hydrogens is 226 g/mol. The van der Waals surface area contributed by atoms with Gasteiger partial charge in [0.2, 0.25) is 0 Å². The van der Waals surface area contributed by atoms with Crippen LogP contribution in [0.2, 0.25) is 0 Å². The fourth-order valence-corrected chi connectivity index (χ4v) is 1.53. The van der Waals surface area contributed by atoms with E-state index in [1.165, 1.54) is 29.8 Å². The van der Waals surface area contributed by atoms with Gasteiger partial charge < -0.3 is 5.73 Å². The van der Waals surface area contributed by atoms with Crippen LogP contribution >= 0.6 is 0 Å². The van der Waals surface area contributed by atoms with Crippen LogP contribution in [0.4, 0.5) is 14.6 Å². The van der Waals surface area contributed by atoms with E-state index in [0.29, 0.717) is 5.56 Å². The number of pyridine rings is 1. The smallest absolute Gasteiger partial charge is 0.252 e. The molecule has 2 N–H and O–H groups in total. The molecule has 17 heavy (non-hydrogen) atoms. The number of hydrogen-bond donors (Lipinski definition) is 1. The maximum absolute atomic E-state index is 13.5. The topological polar surface area (TPSA) is 48.0 Å². The standard InChI is InChI=1S/C12H10F2N2O/c1-16-11(15)4-7(5-12(16)17)9-3-2-8(13)6-10(9)14/h2-6H,15H2,1H3. The van der Waals surface area contributed by atoms with Crippen LogP contribution in [0.1, 0.15) is 0 Å². The zero-order valence-electron chi connectivity index (χ0n) is 9.08. The van der Waals surface area contributed by atoms with Gasteiger partial charge in [0, 0.05) is 24.7 Å². The van der Waals surface area contributed by atoms with E-state index in [9.17, 15) is 13.6 Å². The van der Waals surface area contributed by atoms with Gasteiger partial charge in [0.25, 0.3) is 5.56 Å². The number of aromatic nitrogens is 1. The summed E-state index contributed by atoms with van der Waals surface area (Å²) < 4.78 is 27.5. The predicted molar refractivity (Wildman–Crippen MR) is 61.4 cm³/mol. The SMILES string of the molecule is Cn1c(N)cc(-c2ccc(F)cc2F)cc1=O. The van der Waals surface area contributed by atoms with Gasteiger partial charge in [-0.15, -0.1) is 0 Å². The van der Waals surface area contributed by atoms with Crippen molar-refractivity contribution in [1.29, 1.82) is 0 Å². The van der Waals surface area contributed by atoms with E-state index in [1.54, 1.807) is 0 Å². The highest BCUT2D eigenvalue weighted by atomic mass is 19.1. The minimum absolute atomic E-state index is 0.149. The van der Waals surface area contributed by atoms with Gasteiger partial charge in [-0.05, 0) is 23.8 Å².